The lowest BCUT2D eigenvalue weighted by Crippen LogP contribution is -2.24. The molecule has 0 spiro atoms. The highest BCUT2D eigenvalue weighted by Gasteiger charge is 2.09. The second-order valence-corrected chi connectivity index (χ2v) is 4.82. The summed E-state index contributed by atoms with van der Waals surface area (Å²) in [7, 11) is -2.97. The summed E-state index contributed by atoms with van der Waals surface area (Å²) in [6, 6.07) is 8.27. The Labute approximate surface area is 82.7 Å². The van der Waals surface area contributed by atoms with Crippen molar-refractivity contribution < 1.29 is 14.2 Å². The van der Waals surface area contributed by atoms with Crippen LogP contribution in [0.4, 0.5) is 0 Å². The van der Waals surface area contributed by atoms with Crippen LogP contribution in [-0.2, 0) is 14.5 Å². The third-order valence-electron chi connectivity index (χ3n) is 1.56. The van der Waals surface area contributed by atoms with E-state index in [-0.39, 0.29) is 5.78 Å². The van der Waals surface area contributed by atoms with Gasteiger partial charge in [0.05, 0.1) is 15.1 Å². The fourth-order valence-corrected chi connectivity index (χ4v) is 2.33. The van der Waals surface area contributed by atoms with E-state index in [1.54, 1.807) is 35.2 Å². The van der Waals surface area contributed by atoms with Gasteiger partial charge in [0.15, 0.2) is 5.78 Å². The van der Waals surface area contributed by atoms with Gasteiger partial charge in [-0.2, -0.15) is 0 Å². The Hall–Kier alpha value is -1.17. The molecule has 0 saturated heterocycles. The van der Waals surface area contributed by atoms with Crippen LogP contribution in [0.5, 0.6) is 0 Å². The van der Waals surface area contributed by atoms with Gasteiger partial charge in [-0.1, -0.05) is 18.2 Å². The summed E-state index contributed by atoms with van der Waals surface area (Å²) in [6.45, 7) is 1.28. The summed E-state index contributed by atoms with van der Waals surface area (Å²) in [6.07, 6.45) is 0. The number of benzene rings is 1. The van der Waals surface area contributed by atoms with E-state index in [2.05, 4.69) is 0 Å². The smallest absolute Gasteiger partial charge is 0.162 e. The Kier molecular flexibility index (Phi) is 3.40. The quantitative estimate of drug-likeness (QED) is 0.571. The summed E-state index contributed by atoms with van der Waals surface area (Å²) >= 11 is 0. The van der Waals surface area contributed by atoms with Crippen molar-refractivity contribution in [2.24, 2.45) is 0 Å². The second kappa shape index (κ2) is 4.36. The number of ketones is 1. The van der Waals surface area contributed by atoms with Crippen LogP contribution in [0.3, 0.4) is 0 Å². The average molecular weight is 213 g/mol. The van der Waals surface area contributed by atoms with Gasteiger partial charge in [-0.3, -0.25) is 4.79 Å². The minimum atomic E-state index is -2.97. The fraction of sp³-hybridized carbons (Fsp3) is 0.111. The molecule has 0 aliphatic carbocycles. The van der Waals surface area contributed by atoms with Crippen molar-refractivity contribution in [2.45, 2.75) is 11.8 Å². The highest BCUT2D eigenvalue weighted by molar-refractivity contribution is 8.00. The number of hydrogen-bond donors (Lipinski definition) is 2. The van der Waals surface area contributed by atoms with Crippen molar-refractivity contribution in [3.05, 3.63) is 30.3 Å². The summed E-state index contributed by atoms with van der Waals surface area (Å²) in [4.78, 5) is 12.9. The van der Waals surface area contributed by atoms with Crippen LogP contribution in [0.1, 0.15) is 6.92 Å². The van der Waals surface area contributed by atoms with Crippen molar-refractivity contribution in [3.63, 3.8) is 0 Å². The maximum absolute atomic E-state index is 11.9. The molecule has 0 aliphatic rings. The minimum Gasteiger partial charge on any atom is -0.304 e. The Morgan fingerprint density at radius 1 is 1.43 bits per heavy atom. The Bertz CT molecular complexity index is 433. The van der Waals surface area contributed by atoms with E-state index < -0.39 is 9.71 Å². The van der Waals surface area contributed by atoms with Gasteiger partial charge in [-0.05, 0) is 19.1 Å². The Balaban J connectivity index is 3.30. The largest absolute Gasteiger partial charge is 0.304 e. The third-order valence-corrected chi connectivity index (χ3v) is 3.47. The molecule has 1 rings (SSSR count). The predicted octanol–water partition coefficient (Wildman–Crippen LogP) is 0.615. The van der Waals surface area contributed by atoms with Crippen molar-refractivity contribution in [2.75, 3.05) is 0 Å². The van der Waals surface area contributed by atoms with E-state index in [0.29, 0.717) is 4.90 Å². The summed E-state index contributed by atoms with van der Waals surface area (Å²) < 4.78 is 11.9. The topological polar surface area (TPSA) is 66.4 Å². The van der Waals surface area contributed by atoms with E-state index >= 15 is 0 Å². The molecule has 0 fully saturated rings. The molecular formula is C9H11NO3S. The molecule has 0 aliphatic heterocycles. The fourth-order valence-electron chi connectivity index (χ4n) is 1.00. The first-order chi connectivity index (χ1) is 6.58. The molecule has 14 heavy (non-hydrogen) atoms. The summed E-state index contributed by atoms with van der Waals surface area (Å²) in [5.41, 5.74) is 0. The van der Waals surface area contributed by atoms with Crippen LogP contribution in [0, 0.1) is 0 Å². The first kappa shape index (κ1) is 10.9. The van der Waals surface area contributed by atoms with Gasteiger partial charge in [-0.25, -0.2) is 4.21 Å². The van der Waals surface area contributed by atoms with Gasteiger partial charge >= 0.3 is 0 Å². The maximum Gasteiger partial charge on any atom is 0.162 e. The zero-order chi connectivity index (χ0) is 10.6. The number of carbonyl (C=O) groups is 1. The van der Waals surface area contributed by atoms with E-state index in [1.165, 1.54) is 6.92 Å². The molecule has 0 bridgehead atoms. The van der Waals surface area contributed by atoms with E-state index in [4.69, 9.17) is 5.21 Å². The number of hydrogen-bond acceptors (Lipinski definition) is 3. The molecular weight excluding hydrogens is 202 g/mol. The van der Waals surface area contributed by atoms with Crippen molar-refractivity contribution in [3.8, 4) is 0 Å². The first-order valence-electron chi connectivity index (χ1n) is 3.94. The van der Waals surface area contributed by atoms with Crippen LogP contribution < -0.4 is 4.89 Å². The maximum atomic E-state index is 11.9. The summed E-state index contributed by atoms with van der Waals surface area (Å²) in [5.74, 6) is -0.361. The number of carbonyl (C=O) groups excluding carboxylic acids is 1. The molecule has 0 radical (unpaired) electrons. The lowest BCUT2D eigenvalue weighted by molar-refractivity contribution is -0.110. The number of nitrogens with one attached hydrogen (secondary N) is 1. The molecule has 76 valence electrons. The van der Waals surface area contributed by atoms with Crippen LogP contribution >= 0.6 is 0 Å². The predicted molar refractivity (Wildman–Crippen MR) is 54.5 cm³/mol. The average Bonchev–Trinajstić information content (AvgIpc) is 2.18. The van der Waals surface area contributed by atoms with Crippen LogP contribution in [0.2, 0.25) is 0 Å². The number of Topliss-reactive ketones (excluding diaryl/α,β-unsaturated/α-hetero) is 1. The minimum absolute atomic E-state index is 0.361. The molecule has 1 atom stereocenters. The molecule has 0 saturated carbocycles. The normalized spacial score (nSPS) is 14.4. The van der Waals surface area contributed by atoms with Crippen LogP contribution in [0.15, 0.2) is 35.2 Å². The van der Waals surface area contributed by atoms with Crippen LogP contribution in [0.25, 0.3) is 0 Å². The van der Waals surface area contributed by atoms with Crippen molar-refractivity contribution in [1.82, 2.24) is 4.89 Å². The van der Waals surface area contributed by atoms with Crippen molar-refractivity contribution >= 4 is 20.9 Å². The van der Waals surface area contributed by atoms with E-state index in [0.717, 1.165) is 5.37 Å². The zero-order valence-corrected chi connectivity index (χ0v) is 8.45. The van der Waals surface area contributed by atoms with Crippen LogP contribution in [-0.4, -0.2) is 20.6 Å². The molecule has 5 heteroatoms. The molecule has 1 unspecified atom stereocenters. The first-order valence-corrected chi connectivity index (χ1v) is 5.56. The third kappa shape index (κ3) is 2.41. The Morgan fingerprint density at radius 3 is 2.43 bits per heavy atom. The highest BCUT2D eigenvalue weighted by Crippen LogP contribution is 2.07. The van der Waals surface area contributed by atoms with Gasteiger partial charge < -0.3 is 5.21 Å². The number of rotatable bonds is 3. The molecule has 4 nitrogen and oxygen atoms in total. The monoisotopic (exact) mass is 213 g/mol. The van der Waals surface area contributed by atoms with E-state index in [9.17, 15) is 9.00 Å². The van der Waals surface area contributed by atoms with E-state index in [1.807, 2.05) is 0 Å². The molecule has 1 aromatic carbocycles. The zero-order valence-electron chi connectivity index (χ0n) is 7.64. The second-order valence-electron chi connectivity index (χ2n) is 2.73. The highest BCUT2D eigenvalue weighted by atomic mass is 32.2. The molecule has 0 heterocycles. The van der Waals surface area contributed by atoms with Gasteiger partial charge in [-0.15, -0.1) is 4.89 Å². The van der Waals surface area contributed by atoms with Crippen molar-refractivity contribution in [1.29, 1.82) is 0 Å². The lowest BCUT2D eigenvalue weighted by atomic mass is 10.4. The molecule has 2 N–H and O–H groups in total. The van der Waals surface area contributed by atoms with Gasteiger partial charge in [0, 0.05) is 4.90 Å². The SMILES string of the molecule is CC(=O)C=S(=O)(NO)c1ccccc1. The molecule has 0 aromatic heterocycles. The van der Waals surface area contributed by atoms with Gasteiger partial charge in [0.25, 0.3) is 0 Å². The lowest BCUT2D eigenvalue weighted by Gasteiger charge is -2.07. The molecule has 0 amide bonds. The Morgan fingerprint density at radius 2 is 2.00 bits per heavy atom. The standard InChI is InChI=1S/C9H11NO3S/c1-8(11)7-14(13,10-12)9-5-3-2-4-6-9/h2-7,12H,1H3,(H,10,13). The van der Waals surface area contributed by atoms with Gasteiger partial charge in [0.1, 0.15) is 0 Å². The molecule has 1 aromatic rings. The van der Waals surface area contributed by atoms with Gasteiger partial charge in [0.2, 0.25) is 0 Å². The summed E-state index contributed by atoms with van der Waals surface area (Å²) in [5, 5.41) is 9.75.